The maximum atomic E-state index is 12.7. The minimum atomic E-state index is -0.561. The highest BCUT2D eigenvalue weighted by atomic mass is 16.5. The number of nitrogens with one attached hydrogen (secondary N) is 1. The molecule has 24 heavy (non-hydrogen) atoms. The summed E-state index contributed by atoms with van der Waals surface area (Å²) in [5, 5.41) is 2.66. The van der Waals surface area contributed by atoms with Gasteiger partial charge in [0.25, 0.3) is 5.91 Å². The van der Waals surface area contributed by atoms with Crippen LogP contribution >= 0.6 is 0 Å². The average Bonchev–Trinajstić information content (AvgIpc) is 2.90. The van der Waals surface area contributed by atoms with E-state index in [4.69, 9.17) is 0 Å². The number of anilines is 2. The van der Waals surface area contributed by atoms with Crippen LogP contribution in [0.25, 0.3) is 0 Å². The van der Waals surface area contributed by atoms with Gasteiger partial charge in [0.05, 0.1) is 13.7 Å². The number of rotatable bonds is 3. The molecule has 2 amide bonds. The Hall–Kier alpha value is -3.22. The summed E-state index contributed by atoms with van der Waals surface area (Å²) in [5.41, 5.74) is 2.65. The highest BCUT2D eigenvalue weighted by Crippen LogP contribution is 2.30. The SMILES string of the molecule is COC(=O)c1cc(N2Cc3ccc(NC(C)=O)cc3C2=O)ccn1. The van der Waals surface area contributed by atoms with Crippen LogP contribution in [0.3, 0.4) is 0 Å². The number of esters is 1. The van der Waals surface area contributed by atoms with Gasteiger partial charge in [-0.25, -0.2) is 9.78 Å². The summed E-state index contributed by atoms with van der Waals surface area (Å²) in [7, 11) is 1.27. The molecule has 0 spiro atoms. The fourth-order valence-corrected chi connectivity index (χ4v) is 2.59. The minimum Gasteiger partial charge on any atom is -0.464 e. The van der Waals surface area contributed by atoms with Crippen molar-refractivity contribution in [3.8, 4) is 0 Å². The Morgan fingerprint density at radius 1 is 1.25 bits per heavy atom. The van der Waals surface area contributed by atoms with Crippen LogP contribution in [0.5, 0.6) is 0 Å². The lowest BCUT2D eigenvalue weighted by atomic mass is 10.1. The lowest BCUT2D eigenvalue weighted by molar-refractivity contribution is -0.114. The van der Waals surface area contributed by atoms with Gasteiger partial charge in [0, 0.05) is 30.1 Å². The Labute approximate surface area is 138 Å². The quantitative estimate of drug-likeness (QED) is 0.872. The van der Waals surface area contributed by atoms with E-state index in [0.717, 1.165) is 5.56 Å². The first kappa shape index (κ1) is 15.7. The van der Waals surface area contributed by atoms with Gasteiger partial charge in [0.1, 0.15) is 5.69 Å². The van der Waals surface area contributed by atoms with Crippen molar-refractivity contribution in [2.24, 2.45) is 0 Å². The van der Waals surface area contributed by atoms with Crippen molar-refractivity contribution in [1.82, 2.24) is 4.98 Å². The molecule has 1 N–H and O–H groups in total. The molecule has 0 unspecified atom stereocenters. The van der Waals surface area contributed by atoms with E-state index in [0.29, 0.717) is 23.5 Å². The summed E-state index contributed by atoms with van der Waals surface area (Å²) in [5.74, 6) is -0.956. The molecule has 1 aliphatic heterocycles. The highest BCUT2D eigenvalue weighted by molar-refractivity contribution is 6.11. The molecule has 1 aromatic carbocycles. The van der Waals surface area contributed by atoms with Gasteiger partial charge < -0.3 is 15.0 Å². The van der Waals surface area contributed by atoms with Crippen LogP contribution in [0.4, 0.5) is 11.4 Å². The number of fused-ring (bicyclic) bond motifs is 1. The zero-order chi connectivity index (χ0) is 17.3. The number of hydrogen-bond acceptors (Lipinski definition) is 5. The Bertz CT molecular complexity index is 847. The maximum Gasteiger partial charge on any atom is 0.356 e. The Morgan fingerprint density at radius 3 is 2.75 bits per heavy atom. The van der Waals surface area contributed by atoms with Crippen molar-refractivity contribution in [3.05, 3.63) is 53.3 Å². The number of pyridine rings is 1. The largest absolute Gasteiger partial charge is 0.464 e. The standard InChI is InChI=1S/C17H15N3O4/c1-10(21)19-12-4-3-11-9-20(16(22)14(11)7-12)13-5-6-18-15(8-13)17(23)24-2/h3-8H,9H2,1-2H3,(H,19,21). The van der Waals surface area contributed by atoms with Crippen molar-refractivity contribution < 1.29 is 19.1 Å². The highest BCUT2D eigenvalue weighted by Gasteiger charge is 2.29. The molecule has 7 heteroatoms. The smallest absolute Gasteiger partial charge is 0.356 e. The van der Waals surface area contributed by atoms with Crippen molar-refractivity contribution in [2.45, 2.75) is 13.5 Å². The van der Waals surface area contributed by atoms with Gasteiger partial charge in [-0.3, -0.25) is 9.59 Å². The number of aromatic nitrogens is 1. The van der Waals surface area contributed by atoms with Gasteiger partial charge in [-0.1, -0.05) is 6.07 Å². The summed E-state index contributed by atoms with van der Waals surface area (Å²) in [6.07, 6.45) is 1.46. The van der Waals surface area contributed by atoms with Gasteiger partial charge in [-0.2, -0.15) is 0 Å². The van der Waals surface area contributed by atoms with Crippen LogP contribution in [0, 0.1) is 0 Å². The predicted octanol–water partition coefficient (Wildman–Crippen LogP) is 1.99. The average molecular weight is 325 g/mol. The zero-order valence-electron chi connectivity index (χ0n) is 13.2. The molecule has 0 fully saturated rings. The molecule has 1 aliphatic rings. The van der Waals surface area contributed by atoms with Crippen LogP contribution in [-0.2, 0) is 16.1 Å². The second kappa shape index (κ2) is 6.11. The van der Waals surface area contributed by atoms with E-state index in [2.05, 4.69) is 15.0 Å². The lowest BCUT2D eigenvalue weighted by Gasteiger charge is -2.15. The van der Waals surface area contributed by atoms with Gasteiger partial charge in [-0.05, 0) is 29.8 Å². The van der Waals surface area contributed by atoms with Crippen molar-refractivity contribution in [3.63, 3.8) is 0 Å². The first-order chi connectivity index (χ1) is 11.5. The number of amides is 2. The number of benzene rings is 1. The second-order valence-electron chi connectivity index (χ2n) is 5.34. The van der Waals surface area contributed by atoms with E-state index in [1.807, 2.05) is 0 Å². The van der Waals surface area contributed by atoms with Gasteiger partial charge in [-0.15, -0.1) is 0 Å². The van der Waals surface area contributed by atoms with Gasteiger partial charge >= 0.3 is 5.97 Å². The van der Waals surface area contributed by atoms with E-state index in [-0.39, 0.29) is 17.5 Å². The monoisotopic (exact) mass is 325 g/mol. The Kier molecular flexibility index (Phi) is 3.99. The second-order valence-corrected chi connectivity index (χ2v) is 5.34. The van der Waals surface area contributed by atoms with Crippen molar-refractivity contribution >= 4 is 29.2 Å². The third-order valence-corrected chi connectivity index (χ3v) is 3.68. The molecular weight excluding hydrogens is 310 g/mol. The molecule has 122 valence electrons. The topological polar surface area (TPSA) is 88.6 Å². The normalized spacial score (nSPS) is 12.8. The van der Waals surface area contributed by atoms with E-state index in [1.165, 1.54) is 26.3 Å². The minimum absolute atomic E-state index is 0.137. The van der Waals surface area contributed by atoms with E-state index in [1.54, 1.807) is 29.2 Å². The number of methoxy groups -OCH3 is 1. The molecular formula is C17H15N3O4. The fraction of sp³-hybridized carbons (Fsp3) is 0.176. The number of carbonyl (C=O) groups is 3. The number of carbonyl (C=O) groups excluding carboxylic acids is 3. The molecule has 2 aromatic rings. The Morgan fingerprint density at radius 2 is 2.04 bits per heavy atom. The first-order valence-corrected chi connectivity index (χ1v) is 7.26. The third kappa shape index (κ3) is 2.83. The maximum absolute atomic E-state index is 12.7. The van der Waals surface area contributed by atoms with Crippen LogP contribution in [0.1, 0.15) is 33.3 Å². The van der Waals surface area contributed by atoms with Gasteiger partial charge in [0.15, 0.2) is 0 Å². The van der Waals surface area contributed by atoms with Crippen LogP contribution in [-0.4, -0.2) is 29.9 Å². The lowest BCUT2D eigenvalue weighted by Crippen LogP contribution is -2.23. The van der Waals surface area contributed by atoms with Crippen molar-refractivity contribution in [1.29, 1.82) is 0 Å². The molecule has 0 atom stereocenters. The Balaban J connectivity index is 1.91. The molecule has 3 rings (SSSR count). The fourth-order valence-electron chi connectivity index (χ4n) is 2.59. The zero-order valence-corrected chi connectivity index (χ0v) is 13.2. The van der Waals surface area contributed by atoms with Crippen LogP contribution in [0.2, 0.25) is 0 Å². The summed E-state index contributed by atoms with van der Waals surface area (Å²) in [4.78, 5) is 40.9. The molecule has 0 bridgehead atoms. The third-order valence-electron chi connectivity index (χ3n) is 3.68. The molecule has 1 aromatic heterocycles. The predicted molar refractivity (Wildman–Crippen MR) is 86.8 cm³/mol. The van der Waals surface area contributed by atoms with E-state index in [9.17, 15) is 14.4 Å². The molecule has 0 aliphatic carbocycles. The molecule has 0 saturated heterocycles. The summed E-state index contributed by atoms with van der Waals surface area (Å²) < 4.78 is 4.65. The van der Waals surface area contributed by atoms with Gasteiger partial charge in [0.2, 0.25) is 5.91 Å². The number of nitrogens with zero attached hydrogens (tertiary/aromatic N) is 2. The number of ether oxygens (including phenoxy) is 1. The molecule has 0 radical (unpaired) electrons. The van der Waals surface area contributed by atoms with E-state index < -0.39 is 5.97 Å². The summed E-state index contributed by atoms with van der Waals surface area (Å²) >= 11 is 0. The van der Waals surface area contributed by atoms with Crippen molar-refractivity contribution in [2.75, 3.05) is 17.3 Å². The molecule has 7 nitrogen and oxygen atoms in total. The summed E-state index contributed by atoms with van der Waals surface area (Å²) in [6.45, 7) is 1.80. The number of hydrogen-bond donors (Lipinski definition) is 1. The van der Waals surface area contributed by atoms with Crippen LogP contribution in [0.15, 0.2) is 36.5 Å². The summed E-state index contributed by atoms with van der Waals surface area (Å²) in [6, 6.07) is 8.39. The van der Waals surface area contributed by atoms with Crippen LogP contribution < -0.4 is 10.2 Å². The van der Waals surface area contributed by atoms with E-state index >= 15 is 0 Å². The molecule has 2 heterocycles. The first-order valence-electron chi connectivity index (χ1n) is 7.26. The molecule has 0 saturated carbocycles.